The van der Waals surface area contributed by atoms with Crippen LogP contribution in [-0.2, 0) is 9.53 Å². The van der Waals surface area contributed by atoms with Crippen molar-refractivity contribution < 1.29 is 19.0 Å². The normalized spacial score (nSPS) is 17.8. The van der Waals surface area contributed by atoms with Crippen LogP contribution >= 0.6 is 11.3 Å². The van der Waals surface area contributed by atoms with Gasteiger partial charge < -0.3 is 24.0 Å². The van der Waals surface area contributed by atoms with E-state index in [1.165, 1.54) is 11.3 Å². The van der Waals surface area contributed by atoms with Gasteiger partial charge >= 0.3 is 0 Å². The predicted octanol–water partition coefficient (Wildman–Crippen LogP) is 1.61. The molecule has 1 saturated heterocycles. The van der Waals surface area contributed by atoms with Crippen molar-refractivity contribution >= 4 is 32.6 Å². The molecule has 1 fully saturated rings. The van der Waals surface area contributed by atoms with E-state index in [1.54, 1.807) is 33.2 Å². The molecule has 2 aromatic rings. The van der Waals surface area contributed by atoms with E-state index >= 15 is 0 Å². The van der Waals surface area contributed by atoms with E-state index < -0.39 is 6.10 Å². The van der Waals surface area contributed by atoms with E-state index in [1.807, 2.05) is 12.1 Å². The number of likely N-dealkylation sites (N-methyl/N-ethyl adjacent to an activating group) is 1. The van der Waals surface area contributed by atoms with Gasteiger partial charge in [-0.15, -0.1) is 0 Å². The first kappa shape index (κ1) is 16.8. The molecule has 1 unspecified atom stereocenters. The Kier molecular flexibility index (Phi) is 4.77. The Labute approximate surface area is 144 Å². The number of benzene rings is 1. The van der Waals surface area contributed by atoms with E-state index in [0.717, 1.165) is 21.1 Å². The summed E-state index contributed by atoms with van der Waals surface area (Å²) >= 11 is 1.54. The van der Waals surface area contributed by atoms with Gasteiger partial charge in [-0.05, 0) is 12.1 Å². The van der Waals surface area contributed by atoms with Crippen LogP contribution in [0.15, 0.2) is 12.1 Å². The third kappa shape index (κ3) is 2.99. The highest BCUT2D eigenvalue weighted by atomic mass is 32.1. The smallest absolute Gasteiger partial charge is 0.253 e. The molecule has 0 N–H and O–H groups in total. The molecule has 7 nitrogen and oxygen atoms in total. The van der Waals surface area contributed by atoms with Crippen LogP contribution in [0, 0.1) is 0 Å². The van der Waals surface area contributed by atoms with E-state index in [-0.39, 0.29) is 5.91 Å². The van der Waals surface area contributed by atoms with Crippen molar-refractivity contribution in [2.24, 2.45) is 0 Å². The number of aromatic nitrogens is 1. The molecule has 0 aliphatic carbocycles. The quantitative estimate of drug-likeness (QED) is 0.834. The molecule has 3 rings (SSSR count). The molecule has 130 valence electrons. The molecule has 2 heterocycles. The Balaban J connectivity index is 1.93. The highest BCUT2D eigenvalue weighted by Gasteiger charge is 2.29. The second-order valence-corrected chi connectivity index (χ2v) is 6.66. The minimum Gasteiger partial charge on any atom is -0.495 e. The Bertz CT molecular complexity index is 705. The Morgan fingerprint density at radius 3 is 2.71 bits per heavy atom. The lowest BCUT2D eigenvalue weighted by molar-refractivity contribution is -0.141. The summed E-state index contributed by atoms with van der Waals surface area (Å²) in [7, 11) is 6.73. The summed E-state index contributed by atoms with van der Waals surface area (Å²) in [5, 5.41) is 0.840. The molecule has 0 spiro atoms. The average Bonchev–Trinajstić information content (AvgIpc) is 3.05. The number of rotatable bonds is 4. The molecule has 1 aromatic heterocycles. The number of methoxy groups -OCH3 is 2. The molecular formula is C16H21N3O4S. The Morgan fingerprint density at radius 1 is 1.33 bits per heavy atom. The molecule has 1 amide bonds. The van der Waals surface area contributed by atoms with E-state index in [4.69, 9.17) is 19.2 Å². The molecule has 24 heavy (non-hydrogen) atoms. The van der Waals surface area contributed by atoms with Crippen molar-refractivity contribution in [2.75, 3.05) is 52.9 Å². The maximum atomic E-state index is 12.2. The van der Waals surface area contributed by atoms with E-state index in [9.17, 15) is 4.79 Å². The van der Waals surface area contributed by atoms with Crippen molar-refractivity contribution in [3.63, 3.8) is 0 Å². The number of anilines is 1. The fraction of sp³-hybridized carbons (Fsp3) is 0.500. The minimum absolute atomic E-state index is 0.0315. The summed E-state index contributed by atoms with van der Waals surface area (Å²) in [6.07, 6.45) is -0.468. The molecule has 1 atom stereocenters. The second kappa shape index (κ2) is 6.82. The lowest BCUT2D eigenvalue weighted by Crippen LogP contribution is -2.49. The third-order valence-electron chi connectivity index (χ3n) is 3.95. The third-order valence-corrected chi connectivity index (χ3v) is 5.08. The van der Waals surface area contributed by atoms with Crippen LogP contribution in [0.3, 0.4) is 0 Å². The summed E-state index contributed by atoms with van der Waals surface area (Å²) in [6.45, 7) is 1.68. The molecule has 0 radical (unpaired) electrons. The average molecular weight is 351 g/mol. The van der Waals surface area contributed by atoms with Gasteiger partial charge in [0, 0.05) is 20.6 Å². The first-order valence-corrected chi connectivity index (χ1v) is 8.46. The summed E-state index contributed by atoms with van der Waals surface area (Å²) in [5.41, 5.74) is 0.777. The lowest BCUT2D eigenvalue weighted by Gasteiger charge is -2.33. The van der Waals surface area contributed by atoms with Crippen LogP contribution in [0.25, 0.3) is 10.2 Å². The van der Waals surface area contributed by atoms with Crippen molar-refractivity contribution in [2.45, 2.75) is 6.10 Å². The van der Waals surface area contributed by atoms with Gasteiger partial charge in [-0.3, -0.25) is 4.79 Å². The predicted molar refractivity (Wildman–Crippen MR) is 93.4 cm³/mol. The molecular weight excluding hydrogens is 330 g/mol. The number of ether oxygens (including phenoxy) is 3. The molecule has 1 aliphatic rings. The standard InChI is InChI=1S/C16H21N3O4S/c1-18(2)15(20)12-9-19(7-8-23-12)16-17-13-10(21-3)5-6-11(22-4)14(13)24-16/h5-6,12H,7-9H2,1-4H3. The van der Waals surface area contributed by atoms with Gasteiger partial charge in [-0.2, -0.15) is 0 Å². The van der Waals surface area contributed by atoms with E-state index in [0.29, 0.717) is 25.4 Å². The minimum atomic E-state index is -0.468. The van der Waals surface area contributed by atoms with Gasteiger partial charge in [0.05, 0.1) is 27.4 Å². The molecule has 8 heteroatoms. The van der Waals surface area contributed by atoms with Gasteiger partial charge in [0.25, 0.3) is 5.91 Å². The molecule has 1 aliphatic heterocycles. The van der Waals surface area contributed by atoms with Crippen molar-refractivity contribution in [1.29, 1.82) is 0 Å². The van der Waals surface area contributed by atoms with Crippen molar-refractivity contribution in [3.05, 3.63) is 12.1 Å². The van der Waals surface area contributed by atoms with Crippen molar-refractivity contribution in [3.8, 4) is 11.5 Å². The van der Waals surface area contributed by atoms with E-state index in [2.05, 4.69) is 4.90 Å². The van der Waals surface area contributed by atoms with Gasteiger partial charge in [-0.25, -0.2) is 4.98 Å². The summed E-state index contributed by atoms with van der Waals surface area (Å²) in [5.74, 6) is 1.45. The SMILES string of the molecule is COc1ccc(OC)c2sc(N3CCOC(C(=O)N(C)C)C3)nc12. The van der Waals surface area contributed by atoms with Gasteiger partial charge in [0.2, 0.25) is 0 Å². The fourth-order valence-corrected chi connectivity index (χ4v) is 3.78. The Morgan fingerprint density at radius 2 is 2.04 bits per heavy atom. The maximum Gasteiger partial charge on any atom is 0.253 e. The number of carbonyl (C=O) groups is 1. The first-order valence-electron chi connectivity index (χ1n) is 7.64. The number of amides is 1. The lowest BCUT2D eigenvalue weighted by atomic mass is 10.2. The number of carbonyl (C=O) groups excluding carboxylic acids is 1. The van der Waals surface area contributed by atoms with Crippen LogP contribution in [0.4, 0.5) is 5.13 Å². The largest absolute Gasteiger partial charge is 0.495 e. The van der Waals surface area contributed by atoms with Gasteiger partial charge in [-0.1, -0.05) is 11.3 Å². The van der Waals surface area contributed by atoms with Crippen LogP contribution in [0.5, 0.6) is 11.5 Å². The zero-order chi connectivity index (χ0) is 17.3. The number of nitrogens with zero attached hydrogens (tertiary/aromatic N) is 3. The summed E-state index contributed by atoms with van der Waals surface area (Å²) < 4.78 is 17.4. The highest BCUT2D eigenvalue weighted by Crippen LogP contribution is 2.40. The van der Waals surface area contributed by atoms with Crippen LogP contribution in [-0.4, -0.2) is 69.9 Å². The van der Waals surface area contributed by atoms with Crippen LogP contribution < -0.4 is 14.4 Å². The van der Waals surface area contributed by atoms with Crippen molar-refractivity contribution in [1.82, 2.24) is 9.88 Å². The van der Waals surface area contributed by atoms with Crippen LogP contribution in [0.1, 0.15) is 0 Å². The second-order valence-electron chi connectivity index (χ2n) is 5.68. The highest BCUT2D eigenvalue weighted by molar-refractivity contribution is 7.22. The summed E-state index contributed by atoms with van der Waals surface area (Å²) in [4.78, 5) is 20.5. The molecule has 1 aromatic carbocycles. The maximum absolute atomic E-state index is 12.2. The topological polar surface area (TPSA) is 64.1 Å². The van der Waals surface area contributed by atoms with Gasteiger partial charge in [0.15, 0.2) is 11.2 Å². The molecule has 0 saturated carbocycles. The summed E-state index contributed by atoms with van der Waals surface area (Å²) in [6, 6.07) is 3.73. The zero-order valence-corrected chi connectivity index (χ0v) is 15.1. The van der Waals surface area contributed by atoms with Crippen LogP contribution in [0.2, 0.25) is 0 Å². The number of hydrogen-bond acceptors (Lipinski definition) is 7. The van der Waals surface area contributed by atoms with Gasteiger partial charge in [0.1, 0.15) is 21.7 Å². The number of fused-ring (bicyclic) bond motifs is 1. The number of hydrogen-bond donors (Lipinski definition) is 0. The first-order chi connectivity index (χ1) is 11.5. The zero-order valence-electron chi connectivity index (χ0n) is 14.2. The Hall–Kier alpha value is -2.06. The number of thiazole rings is 1. The molecule has 0 bridgehead atoms. The fourth-order valence-electron chi connectivity index (χ4n) is 2.67. The monoisotopic (exact) mass is 351 g/mol. The number of morpholine rings is 1.